The third-order valence-electron chi connectivity index (χ3n) is 2.14. The number of hydrogen-bond acceptors (Lipinski definition) is 3. The third-order valence-corrected chi connectivity index (χ3v) is 4.94. The minimum atomic E-state index is -3.60. The first-order valence-electron chi connectivity index (χ1n) is 4.67. The van der Waals surface area contributed by atoms with E-state index in [1.54, 1.807) is 12.1 Å². The fraction of sp³-hybridized carbons (Fsp3) is 0.273. The van der Waals surface area contributed by atoms with Crippen molar-refractivity contribution in [1.29, 1.82) is 0 Å². The molecule has 1 aromatic rings. The molecule has 1 aromatic carbocycles. The van der Waals surface area contributed by atoms with Crippen LogP contribution in [0.1, 0.15) is 0 Å². The van der Waals surface area contributed by atoms with Crippen LogP contribution >= 0.6 is 15.9 Å². The molecule has 0 N–H and O–H groups in total. The molecule has 0 fully saturated rings. The predicted molar refractivity (Wildman–Crippen MR) is 69.3 cm³/mol. The highest BCUT2D eigenvalue weighted by Crippen LogP contribution is 2.28. The summed E-state index contributed by atoms with van der Waals surface area (Å²) in [5.74, 6) is 2.76. The van der Waals surface area contributed by atoms with Crippen LogP contribution < -0.4 is 4.74 Å². The first kappa shape index (κ1) is 14.0. The van der Waals surface area contributed by atoms with Gasteiger partial charge in [0.25, 0.3) is 0 Å². The van der Waals surface area contributed by atoms with Gasteiger partial charge in [-0.1, -0.05) is 5.92 Å². The van der Waals surface area contributed by atoms with E-state index in [2.05, 4.69) is 21.9 Å². The number of halogens is 1. The molecule has 0 aliphatic rings. The van der Waals surface area contributed by atoms with Crippen molar-refractivity contribution in [2.75, 3.05) is 20.7 Å². The van der Waals surface area contributed by atoms with Gasteiger partial charge in [0.05, 0.1) is 13.7 Å². The Kier molecular flexibility index (Phi) is 4.57. The lowest BCUT2D eigenvalue weighted by Gasteiger charge is -2.16. The molecular formula is C11H12BrNO3S. The normalized spacial score (nSPS) is 11.2. The van der Waals surface area contributed by atoms with Crippen molar-refractivity contribution >= 4 is 26.0 Å². The Morgan fingerprint density at radius 1 is 1.53 bits per heavy atom. The standard InChI is InChI=1S/C11H12BrNO3S/c1-4-7-13(2)17(14,15)11-8-9(16-3)5-6-10(11)12/h1,5-6,8H,7H2,2-3H3. The van der Waals surface area contributed by atoms with Crippen LogP contribution in [-0.4, -0.2) is 33.4 Å². The zero-order chi connectivity index (χ0) is 13.1. The highest BCUT2D eigenvalue weighted by Gasteiger charge is 2.23. The van der Waals surface area contributed by atoms with Crippen molar-refractivity contribution in [1.82, 2.24) is 4.31 Å². The van der Waals surface area contributed by atoms with Gasteiger partial charge in [-0.15, -0.1) is 6.42 Å². The molecule has 0 aliphatic carbocycles. The van der Waals surface area contributed by atoms with E-state index in [4.69, 9.17) is 11.2 Å². The van der Waals surface area contributed by atoms with Gasteiger partial charge >= 0.3 is 0 Å². The molecule has 0 unspecified atom stereocenters. The predicted octanol–water partition coefficient (Wildman–Crippen LogP) is 1.71. The number of terminal acetylenes is 1. The van der Waals surface area contributed by atoms with Crippen molar-refractivity contribution in [3.8, 4) is 18.1 Å². The number of nitrogens with zero attached hydrogens (tertiary/aromatic N) is 1. The Labute approximate surface area is 110 Å². The quantitative estimate of drug-likeness (QED) is 0.794. The maximum atomic E-state index is 12.2. The number of hydrogen-bond donors (Lipinski definition) is 0. The van der Waals surface area contributed by atoms with Gasteiger partial charge in [0.2, 0.25) is 10.0 Å². The molecule has 92 valence electrons. The zero-order valence-electron chi connectivity index (χ0n) is 9.47. The van der Waals surface area contributed by atoms with Gasteiger partial charge in [-0.2, -0.15) is 4.31 Å². The molecule has 0 atom stereocenters. The van der Waals surface area contributed by atoms with Gasteiger partial charge in [0.15, 0.2) is 0 Å². The molecule has 4 nitrogen and oxygen atoms in total. The van der Waals surface area contributed by atoms with E-state index in [1.807, 2.05) is 0 Å². The maximum Gasteiger partial charge on any atom is 0.244 e. The Balaban J connectivity index is 3.28. The van der Waals surface area contributed by atoms with Gasteiger partial charge in [-0.05, 0) is 28.1 Å². The summed E-state index contributed by atoms with van der Waals surface area (Å²) < 4.78 is 30.9. The first-order valence-corrected chi connectivity index (χ1v) is 6.90. The van der Waals surface area contributed by atoms with Crippen LogP contribution in [0.4, 0.5) is 0 Å². The minimum absolute atomic E-state index is 0.0198. The van der Waals surface area contributed by atoms with Gasteiger partial charge < -0.3 is 4.74 Å². The number of rotatable bonds is 4. The molecule has 0 aromatic heterocycles. The summed E-state index contributed by atoms with van der Waals surface area (Å²) >= 11 is 3.20. The molecule has 0 heterocycles. The second-order valence-electron chi connectivity index (χ2n) is 3.26. The van der Waals surface area contributed by atoms with Crippen LogP contribution in [-0.2, 0) is 10.0 Å². The smallest absolute Gasteiger partial charge is 0.244 e. The molecule has 6 heteroatoms. The van der Waals surface area contributed by atoms with Crippen LogP contribution in [0.25, 0.3) is 0 Å². The van der Waals surface area contributed by atoms with E-state index in [0.717, 1.165) is 4.31 Å². The van der Waals surface area contributed by atoms with Crippen molar-refractivity contribution in [3.05, 3.63) is 22.7 Å². The summed E-state index contributed by atoms with van der Waals surface area (Å²) in [5.41, 5.74) is 0. The zero-order valence-corrected chi connectivity index (χ0v) is 11.9. The van der Waals surface area contributed by atoms with Crippen molar-refractivity contribution in [2.45, 2.75) is 4.90 Å². The highest BCUT2D eigenvalue weighted by atomic mass is 79.9. The van der Waals surface area contributed by atoms with Crippen LogP contribution in [0.2, 0.25) is 0 Å². The molecule has 1 rings (SSSR count). The van der Waals surface area contributed by atoms with E-state index in [1.165, 1.54) is 20.2 Å². The van der Waals surface area contributed by atoms with E-state index < -0.39 is 10.0 Å². The fourth-order valence-corrected chi connectivity index (χ4v) is 3.21. The number of methoxy groups -OCH3 is 1. The fourth-order valence-electron chi connectivity index (χ4n) is 1.19. The number of sulfonamides is 1. The molecule has 0 radical (unpaired) electrons. The van der Waals surface area contributed by atoms with Gasteiger partial charge in [-0.3, -0.25) is 0 Å². The maximum absolute atomic E-state index is 12.2. The minimum Gasteiger partial charge on any atom is -0.497 e. The third kappa shape index (κ3) is 3.00. The van der Waals surface area contributed by atoms with E-state index in [-0.39, 0.29) is 11.4 Å². The lowest BCUT2D eigenvalue weighted by atomic mass is 10.3. The van der Waals surface area contributed by atoms with Crippen LogP contribution in [0.3, 0.4) is 0 Å². The van der Waals surface area contributed by atoms with E-state index in [0.29, 0.717) is 10.2 Å². The second-order valence-corrected chi connectivity index (χ2v) is 6.13. The summed E-state index contributed by atoms with van der Waals surface area (Å²) in [4.78, 5) is 0.134. The monoisotopic (exact) mass is 317 g/mol. The van der Waals surface area contributed by atoms with Crippen LogP contribution in [0.15, 0.2) is 27.6 Å². The first-order chi connectivity index (χ1) is 7.93. The largest absolute Gasteiger partial charge is 0.497 e. The molecule has 0 bridgehead atoms. The van der Waals surface area contributed by atoms with Gasteiger partial charge in [-0.25, -0.2) is 8.42 Å². The Morgan fingerprint density at radius 3 is 2.71 bits per heavy atom. The van der Waals surface area contributed by atoms with Crippen molar-refractivity contribution in [2.24, 2.45) is 0 Å². The van der Waals surface area contributed by atoms with Crippen LogP contribution in [0.5, 0.6) is 5.75 Å². The molecule has 0 amide bonds. The van der Waals surface area contributed by atoms with E-state index in [9.17, 15) is 8.42 Å². The number of benzene rings is 1. The molecule has 0 spiro atoms. The molecule has 17 heavy (non-hydrogen) atoms. The molecule has 0 saturated carbocycles. The Morgan fingerprint density at radius 2 is 2.18 bits per heavy atom. The Bertz CT molecular complexity index is 548. The topological polar surface area (TPSA) is 46.6 Å². The summed E-state index contributed by atoms with van der Waals surface area (Å²) in [6.07, 6.45) is 5.11. The second kappa shape index (κ2) is 5.54. The summed E-state index contributed by atoms with van der Waals surface area (Å²) in [6, 6.07) is 4.74. The summed E-state index contributed by atoms with van der Waals surface area (Å²) in [5, 5.41) is 0. The lowest BCUT2D eigenvalue weighted by molar-refractivity contribution is 0.413. The Hall–Kier alpha value is -1.03. The van der Waals surface area contributed by atoms with Crippen LogP contribution in [0, 0.1) is 12.3 Å². The SMILES string of the molecule is C#CCN(C)S(=O)(=O)c1cc(OC)ccc1Br. The highest BCUT2D eigenvalue weighted by molar-refractivity contribution is 9.10. The van der Waals surface area contributed by atoms with Gasteiger partial charge in [0.1, 0.15) is 10.6 Å². The van der Waals surface area contributed by atoms with E-state index >= 15 is 0 Å². The average Bonchev–Trinajstić information content (AvgIpc) is 2.29. The number of ether oxygens (including phenoxy) is 1. The van der Waals surface area contributed by atoms with Gasteiger partial charge in [0, 0.05) is 17.6 Å². The van der Waals surface area contributed by atoms with Crippen molar-refractivity contribution in [3.63, 3.8) is 0 Å². The molecule has 0 saturated heterocycles. The molecular weight excluding hydrogens is 306 g/mol. The molecule has 0 aliphatic heterocycles. The van der Waals surface area contributed by atoms with Crippen molar-refractivity contribution < 1.29 is 13.2 Å². The summed E-state index contributed by atoms with van der Waals surface area (Å²) in [6.45, 7) is 0.0198. The lowest BCUT2D eigenvalue weighted by Crippen LogP contribution is -2.27. The average molecular weight is 318 g/mol. The summed E-state index contributed by atoms with van der Waals surface area (Å²) in [7, 11) is -0.692.